The Labute approximate surface area is 147 Å². The Hall–Kier alpha value is -3.20. The number of carbonyl (C=O) groups excluding carboxylic acids is 1. The lowest BCUT2D eigenvalue weighted by Gasteiger charge is -2.30. The second kappa shape index (κ2) is 6.73. The van der Waals surface area contributed by atoms with Gasteiger partial charge in [0.1, 0.15) is 0 Å². The van der Waals surface area contributed by atoms with Crippen molar-refractivity contribution >= 4 is 17.3 Å². The third-order valence-electron chi connectivity index (χ3n) is 4.43. The fourth-order valence-electron chi connectivity index (χ4n) is 3.15. The SMILES string of the molecule is O=C1C(c2ccccc2)CC(c2ccccc2)=NN1c1ccccc1. The molecule has 0 saturated heterocycles. The second-order valence-corrected chi connectivity index (χ2v) is 6.07. The third-order valence-corrected chi connectivity index (χ3v) is 4.43. The molecule has 1 aliphatic heterocycles. The molecule has 1 unspecified atom stereocenters. The van der Waals surface area contributed by atoms with Gasteiger partial charge in [-0.2, -0.15) is 10.1 Å². The molecule has 0 bridgehead atoms. The summed E-state index contributed by atoms with van der Waals surface area (Å²) in [6.07, 6.45) is 0.607. The van der Waals surface area contributed by atoms with Gasteiger partial charge in [0, 0.05) is 6.42 Å². The molecule has 1 amide bonds. The van der Waals surface area contributed by atoms with Crippen LogP contribution in [0.2, 0.25) is 0 Å². The summed E-state index contributed by atoms with van der Waals surface area (Å²) in [5.41, 5.74) is 3.80. The van der Waals surface area contributed by atoms with Crippen molar-refractivity contribution in [1.82, 2.24) is 0 Å². The average Bonchev–Trinajstić information content (AvgIpc) is 2.70. The van der Waals surface area contributed by atoms with Crippen LogP contribution in [-0.2, 0) is 4.79 Å². The number of anilines is 1. The predicted molar refractivity (Wildman–Crippen MR) is 101 cm³/mol. The van der Waals surface area contributed by atoms with Gasteiger partial charge >= 0.3 is 0 Å². The molecule has 0 saturated carbocycles. The Balaban J connectivity index is 1.80. The van der Waals surface area contributed by atoms with E-state index in [4.69, 9.17) is 0 Å². The van der Waals surface area contributed by atoms with Gasteiger partial charge in [0.05, 0.1) is 17.3 Å². The molecular formula is C22H18N2O. The first-order valence-electron chi connectivity index (χ1n) is 8.40. The van der Waals surface area contributed by atoms with E-state index >= 15 is 0 Å². The van der Waals surface area contributed by atoms with Crippen LogP contribution in [0.25, 0.3) is 0 Å². The number of benzene rings is 3. The number of amides is 1. The predicted octanol–water partition coefficient (Wildman–Crippen LogP) is 4.61. The molecule has 0 fully saturated rings. The summed E-state index contributed by atoms with van der Waals surface area (Å²) in [6.45, 7) is 0. The number of para-hydroxylation sites is 1. The van der Waals surface area contributed by atoms with E-state index in [2.05, 4.69) is 5.10 Å². The van der Waals surface area contributed by atoms with Gasteiger partial charge in [-0.05, 0) is 23.3 Å². The first-order valence-corrected chi connectivity index (χ1v) is 8.40. The number of hydrogen-bond donors (Lipinski definition) is 0. The Morgan fingerprint density at radius 1 is 0.760 bits per heavy atom. The molecular weight excluding hydrogens is 308 g/mol. The Bertz CT molecular complexity index is 889. The van der Waals surface area contributed by atoms with E-state index in [-0.39, 0.29) is 11.8 Å². The first-order chi connectivity index (χ1) is 12.3. The minimum atomic E-state index is -0.228. The number of hydrogen-bond acceptors (Lipinski definition) is 2. The Morgan fingerprint density at radius 2 is 1.32 bits per heavy atom. The van der Waals surface area contributed by atoms with Crippen molar-refractivity contribution in [2.45, 2.75) is 12.3 Å². The maximum atomic E-state index is 13.1. The fraction of sp³-hybridized carbons (Fsp3) is 0.0909. The molecule has 3 aromatic carbocycles. The minimum Gasteiger partial charge on any atom is -0.272 e. The second-order valence-electron chi connectivity index (χ2n) is 6.07. The number of rotatable bonds is 3. The molecule has 3 nitrogen and oxygen atoms in total. The van der Waals surface area contributed by atoms with Crippen molar-refractivity contribution < 1.29 is 4.79 Å². The van der Waals surface area contributed by atoms with Crippen LogP contribution in [0.15, 0.2) is 96.1 Å². The van der Waals surface area contributed by atoms with E-state index in [1.807, 2.05) is 91.0 Å². The molecule has 122 valence electrons. The molecule has 0 radical (unpaired) electrons. The zero-order valence-electron chi connectivity index (χ0n) is 13.7. The first kappa shape index (κ1) is 15.3. The topological polar surface area (TPSA) is 32.7 Å². The van der Waals surface area contributed by atoms with Crippen LogP contribution >= 0.6 is 0 Å². The summed E-state index contributed by atoms with van der Waals surface area (Å²) < 4.78 is 0. The Kier molecular flexibility index (Phi) is 4.13. The average molecular weight is 326 g/mol. The van der Waals surface area contributed by atoms with Crippen LogP contribution in [0.4, 0.5) is 5.69 Å². The van der Waals surface area contributed by atoms with Crippen molar-refractivity contribution in [3.8, 4) is 0 Å². The van der Waals surface area contributed by atoms with Crippen LogP contribution in [0.3, 0.4) is 0 Å². The summed E-state index contributed by atoms with van der Waals surface area (Å²) in [5, 5.41) is 6.22. The molecule has 0 aliphatic carbocycles. The summed E-state index contributed by atoms with van der Waals surface area (Å²) in [6, 6.07) is 29.6. The van der Waals surface area contributed by atoms with Gasteiger partial charge < -0.3 is 0 Å². The lowest BCUT2D eigenvalue weighted by Crippen LogP contribution is -2.37. The summed E-state index contributed by atoms with van der Waals surface area (Å²) in [4.78, 5) is 13.1. The van der Waals surface area contributed by atoms with Gasteiger partial charge in [-0.25, -0.2) is 0 Å². The zero-order valence-corrected chi connectivity index (χ0v) is 13.7. The van der Waals surface area contributed by atoms with E-state index in [1.165, 1.54) is 0 Å². The van der Waals surface area contributed by atoms with Gasteiger partial charge in [0.15, 0.2) is 0 Å². The highest BCUT2D eigenvalue weighted by Crippen LogP contribution is 2.31. The standard InChI is InChI=1S/C22H18N2O/c25-22-20(17-10-4-1-5-11-17)16-21(18-12-6-2-7-13-18)23-24(22)19-14-8-3-9-15-19/h1-15,20H,16H2. The largest absolute Gasteiger partial charge is 0.272 e. The molecule has 25 heavy (non-hydrogen) atoms. The van der Waals surface area contributed by atoms with Crippen molar-refractivity contribution in [1.29, 1.82) is 0 Å². The van der Waals surface area contributed by atoms with Gasteiger partial charge in [-0.15, -0.1) is 0 Å². The highest BCUT2D eigenvalue weighted by Gasteiger charge is 2.33. The highest BCUT2D eigenvalue weighted by molar-refractivity contribution is 6.11. The molecule has 3 heteroatoms. The Morgan fingerprint density at radius 3 is 1.96 bits per heavy atom. The molecule has 0 N–H and O–H groups in total. The van der Waals surface area contributed by atoms with Gasteiger partial charge in [0.2, 0.25) is 0 Å². The van der Waals surface area contributed by atoms with Crippen LogP contribution in [0.1, 0.15) is 23.5 Å². The maximum absolute atomic E-state index is 13.1. The molecule has 1 heterocycles. The van der Waals surface area contributed by atoms with Crippen LogP contribution in [0, 0.1) is 0 Å². The minimum absolute atomic E-state index is 0.0112. The highest BCUT2D eigenvalue weighted by atomic mass is 16.2. The van der Waals surface area contributed by atoms with Gasteiger partial charge in [-0.1, -0.05) is 78.9 Å². The number of carbonyl (C=O) groups is 1. The molecule has 0 aromatic heterocycles. The number of hydrazone groups is 1. The van der Waals surface area contributed by atoms with Crippen molar-refractivity contribution in [3.05, 3.63) is 102 Å². The molecule has 1 atom stereocenters. The van der Waals surface area contributed by atoms with Crippen molar-refractivity contribution in [2.24, 2.45) is 5.10 Å². The number of nitrogens with zero attached hydrogens (tertiary/aromatic N) is 2. The summed E-state index contributed by atoms with van der Waals surface area (Å²) in [5.74, 6) is -0.216. The van der Waals surface area contributed by atoms with E-state index < -0.39 is 0 Å². The quantitative estimate of drug-likeness (QED) is 0.692. The lowest BCUT2D eigenvalue weighted by molar-refractivity contribution is -0.120. The smallest absolute Gasteiger partial charge is 0.255 e. The van der Waals surface area contributed by atoms with E-state index in [9.17, 15) is 4.79 Å². The third kappa shape index (κ3) is 3.09. The molecule has 4 rings (SSSR count). The molecule has 1 aliphatic rings. The normalized spacial score (nSPS) is 17.3. The lowest BCUT2D eigenvalue weighted by atomic mass is 9.89. The van der Waals surface area contributed by atoms with Crippen LogP contribution in [-0.4, -0.2) is 11.6 Å². The van der Waals surface area contributed by atoms with E-state index in [0.29, 0.717) is 6.42 Å². The maximum Gasteiger partial charge on any atom is 0.255 e. The monoisotopic (exact) mass is 326 g/mol. The summed E-state index contributed by atoms with van der Waals surface area (Å²) in [7, 11) is 0. The van der Waals surface area contributed by atoms with E-state index in [1.54, 1.807) is 5.01 Å². The van der Waals surface area contributed by atoms with Crippen LogP contribution < -0.4 is 5.01 Å². The van der Waals surface area contributed by atoms with Crippen LogP contribution in [0.5, 0.6) is 0 Å². The molecule has 0 spiro atoms. The van der Waals surface area contributed by atoms with E-state index in [0.717, 1.165) is 22.5 Å². The van der Waals surface area contributed by atoms with Crippen molar-refractivity contribution in [2.75, 3.05) is 5.01 Å². The molecule has 3 aromatic rings. The van der Waals surface area contributed by atoms with Gasteiger partial charge in [0.25, 0.3) is 5.91 Å². The van der Waals surface area contributed by atoms with Crippen molar-refractivity contribution in [3.63, 3.8) is 0 Å². The summed E-state index contributed by atoms with van der Waals surface area (Å²) >= 11 is 0. The zero-order chi connectivity index (χ0) is 17.1. The van der Waals surface area contributed by atoms with Gasteiger partial charge in [-0.3, -0.25) is 4.79 Å². The fourth-order valence-corrected chi connectivity index (χ4v) is 3.15.